The molecule has 1 aromatic heterocycles. The number of carbonyl (C=O) groups excluding carboxylic acids is 1. The Labute approximate surface area is 167 Å². The van der Waals surface area contributed by atoms with Crippen molar-refractivity contribution in [2.75, 3.05) is 5.32 Å². The van der Waals surface area contributed by atoms with Crippen LogP contribution < -0.4 is 10.9 Å². The van der Waals surface area contributed by atoms with Gasteiger partial charge in [-0.3, -0.25) is 9.59 Å². The number of hydrogen-bond donors (Lipinski definition) is 2. The van der Waals surface area contributed by atoms with Crippen LogP contribution in [0.1, 0.15) is 29.0 Å². The molecule has 0 aliphatic carbocycles. The topological polar surface area (TPSA) is 74.8 Å². The minimum Gasteiger partial charge on any atom is -0.310 e. The summed E-state index contributed by atoms with van der Waals surface area (Å²) in [5, 5.41) is 2.81. The predicted octanol–water partition coefficient (Wildman–Crippen LogP) is 3.95. The Hall–Kier alpha value is -3.07. The molecule has 2 heterocycles. The summed E-state index contributed by atoms with van der Waals surface area (Å²) in [6.45, 7) is 0. The highest BCUT2D eigenvalue weighted by Crippen LogP contribution is 2.36. The number of nitrogens with zero attached hydrogens (tertiary/aromatic N) is 1. The Bertz CT molecular complexity index is 1150. The third kappa shape index (κ3) is 4.04. The maximum atomic E-state index is 14.3. The number of halogens is 3. The van der Waals surface area contributed by atoms with E-state index in [0.29, 0.717) is 5.75 Å². The van der Waals surface area contributed by atoms with Gasteiger partial charge in [-0.25, -0.2) is 18.2 Å². The first-order valence-electron chi connectivity index (χ1n) is 8.67. The Balaban J connectivity index is 1.66. The fourth-order valence-electron chi connectivity index (χ4n) is 3.20. The maximum absolute atomic E-state index is 14.3. The van der Waals surface area contributed by atoms with Crippen LogP contribution in [-0.4, -0.2) is 15.9 Å². The monoisotopic (exact) mass is 417 g/mol. The summed E-state index contributed by atoms with van der Waals surface area (Å²) in [5.74, 6) is -2.73. The van der Waals surface area contributed by atoms with Gasteiger partial charge in [-0.05, 0) is 29.3 Å². The number of thioether (sulfide) groups is 1. The van der Waals surface area contributed by atoms with E-state index >= 15 is 0 Å². The average Bonchev–Trinajstić information content (AvgIpc) is 2.66. The lowest BCUT2D eigenvalue weighted by molar-refractivity contribution is -0.116. The highest BCUT2D eigenvalue weighted by atomic mass is 32.2. The molecule has 2 N–H and O–H groups in total. The summed E-state index contributed by atoms with van der Waals surface area (Å²) in [6, 6.07) is 8.94. The van der Waals surface area contributed by atoms with Gasteiger partial charge < -0.3 is 10.3 Å². The van der Waals surface area contributed by atoms with Gasteiger partial charge in [0.25, 0.3) is 5.56 Å². The van der Waals surface area contributed by atoms with Gasteiger partial charge in [0.1, 0.15) is 23.3 Å². The molecule has 0 saturated heterocycles. The number of fused-ring (bicyclic) bond motifs is 1. The standard InChI is InChI=1S/C20H14F3N3O2S/c21-11-3-1-10(2-4-11)9-29-20-25-18-17(19(28)26-20)14(8-16(27)24-18)13-6-5-12(22)7-15(13)23/h1-7,14H,8-9H2,(H2,24,25,26,27,28). The van der Waals surface area contributed by atoms with Crippen LogP contribution in [0.4, 0.5) is 19.0 Å². The molecule has 9 heteroatoms. The van der Waals surface area contributed by atoms with Crippen LogP contribution in [-0.2, 0) is 10.5 Å². The predicted molar refractivity (Wildman–Crippen MR) is 102 cm³/mol. The van der Waals surface area contributed by atoms with E-state index in [-0.39, 0.29) is 34.3 Å². The lowest BCUT2D eigenvalue weighted by Crippen LogP contribution is -2.31. The van der Waals surface area contributed by atoms with Gasteiger partial charge in [0, 0.05) is 24.2 Å². The second-order valence-electron chi connectivity index (χ2n) is 6.52. The molecule has 29 heavy (non-hydrogen) atoms. The number of aromatic nitrogens is 2. The van der Waals surface area contributed by atoms with E-state index in [1.165, 1.54) is 30.0 Å². The fourth-order valence-corrected chi connectivity index (χ4v) is 4.02. The molecular weight excluding hydrogens is 403 g/mol. The quantitative estimate of drug-likeness (QED) is 0.498. The smallest absolute Gasteiger partial charge is 0.257 e. The van der Waals surface area contributed by atoms with Crippen LogP contribution in [0.25, 0.3) is 0 Å². The first-order chi connectivity index (χ1) is 13.9. The van der Waals surface area contributed by atoms with Crippen molar-refractivity contribution in [3.8, 4) is 0 Å². The van der Waals surface area contributed by atoms with Gasteiger partial charge in [-0.15, -0.1) is 0 Å². The van der Waals surface area contributed by atoms with Crippen molar-refractivity contribution in [1.29, 1.82) is 0 Å². The number of benzene rings is 2. The Morgan fingerprint density at radius 1 is 1.03 bits per heavy atom. The molecule has 0 bridgehead atoms. The summed E-state index contributed by atoms with van der Waals surface area (Å²) in [4.78, 5) is 31.7. The van der Waals surface area contributed by atoms with Crippen LogP contribution >= 0.6 is 11.8 Å². The van der Waals surface area contributed by atoms with E-state index in [4.69, 9.17) is 0 Å². The van der Waals surface area contributed by atoms with Gasteiger partial charge in [-0.1, -0.05) is 30.0 Å². The molecular formula is C20H14F3N3O2S. The molecule has 0 radical (unpaired) electrons. The van der Waals surface area contributed by atoms with Crippen LogP contribution in [0, 0.1) is 17.5 Å². The Morgan fingerprint density at radius 3 is 2.48 bits per heavy atom. The van der Waals surface area contributed by atoms with Gasteiger partial charge >= 0.3 is 0 Å². The number of nitrogens with one attached hydrogen (secondary N) is 2. The van der Waals surface area contributed by atoms with Gasteiger partial charge in [0.2, 0.25) is 5.91 Å². The highest BCUT2D eigenvalue weighted by Gasteiger charge is 2.32. The zero-order valence-electron chi connectivity index (χ0n) is 14.8. The highest BCUT2D eigenvalue weighted by molar-refractivity contribution is 7.98. The largest absolute Gasteiger partial charge is 0.310 e. The molecule has 2 aromatic carbocycles. The van der Waals surface area contributed by atoms with E-state index in [2.05, 4.69) is 15.3 Å². The molecule has 5 nitrogen and oxygen atoms in total. The molecule has 0 fully saturated rings. The fraction of sp³-hybridized carbons (Fsp3) is 0.150. The lowest BCUT2D eigenvalue weighted by atomic mass is 9.86. The molecule has 1 aliphatic rings. The summed E-state index contributed by atoms with van der Waals surface area (Å²) >= 11 is 1.21. The minimum absolute atomic E-state index is 0.0559. The van der Waals surface area contributed by atoms with E-state index in [1.54, 1.807) is 12.1 Å². The van der Waals surface area contributed by atoms with Crippen LogP contribution in [0.2, 0.25) is 0 Å². The summed E-state index contributed by atoms with van der Waals surface area (Å²) in [6.07, 6.45) is -0.150. The van der Waals surface area contributed by atoms with Crippen LogP contribution in [0.15, 0.2) is 52.4 Å². The lowest BCUT2D eigenvalue weighted by Gasteiger charge is -2.24. The van der Waals surface area contributed by atoms with Crippen molar-refractivity contribution in [3.63, 3.8) is 0 Å². The number of aromatic amines is 1. The average molecular weight is 417 g/mol. The molecule has 1 aliphatic heterocycles. The second kappa shape index (κ2) is 7.75. The summed E-state index contributed by atoms with van der Waals surface area (Å²) < 4.78 is 40.5. The zero-order valence-corrected chi connectivity index (χ0v) is 15.7. The number of anilines is 1. The van der Waals surface area contributed by atoms with Gasteiger partial charge in [0.15, 0.2) is 5.16 Å². The van der Waals surface area contributed by atoms with Gasteiger partial charge in [-0.2, -0.15) is 0 Å². The Morgan fingerprint density at radius 2 is 1.76 bits per heavy atom. The number of H-pyrrole nitrogens is 1. The third-order valence-corrected chi connectivity index (χ3v) is 5.50. The molecule has 148 valence electrons. The number of hydrogen-bond acceptors (Lipinski definition) is 4. The van der Waals surface area contributed by atoms with Crippen LogP contribution in [0.5, 0.6) is 0 Å². The van der Waals surface area contributed by atoms with Crippen LogP contribution in [0.3, 0.4) is 0 Å². The zero-order chi connectivity index (χ0) is 20.5. The molecule has 0 saturated carbocycles. The molecule has 4 rings (SSSR count). The second-order valence-corrected chi connectivity index (χ2v) is 7.48. The minimum atomic E-state index is -0.869. The molecule has 3 aromatic rings. The maximum Gasteiger partial charge on any atom is 0.257 e. The van der Waals surface area contributed by atoms with Crippen molar-refractivity contribution < 1.29 is 18.0 Å². The van der Waals surface area contributed by atoms with Crippen molar-refractivity contribution in [1.82, 2.24) is 9.97 Å². The van der Waals surface area contributed by atoms with Crippen molar-refractivity contribution >= 4 is 23.5 Å². The normalized spacial score (nSPS) is 15.7. The third-order valence-electron chi connectivity index (χ3n) is 4.56. The van der Waals surface area contributed by atoms with Gasteiger partial charge in [0.05, 0.1) is 5.56 Å². The molecule has 0 spiro atoms. The van der Waals surface area contributed by atoms with E-state index in [0.717, 1.165) is 17.7 Å². The van der Waals surface area contributed by atoms with Crippen molar-refractivity contribution in [3.05, 3.63) is 87.0 Å². The first kappa shape index (κ1) is 19.3. The molecule has 1 unspecified atom stereocenters. The van der Waals surface area contributed by atoms with Crippen molar-refractivity contribution in [2.24, 2.45) is 0 Å². The van der Waals surface area contributed by atoms with E-state index < -0.39 is 29.0 Å². The molecule has 1 amide bonds. The number of carbonyl (C=O) groups is 1. The Kier molecular flexibility index (Phi) is 5.14. The van der Waals surface area contributed by atoms with E-state index in [9.17, 15) is 22.8 Å². The summed E-state index contributed by atoms with van der Waals surface area (Å²) in [7, 11) is 0. The molecule has 1 atom stereocenters. The number of amides is 1. The first-order valence-corrected chi connectivity index (χ1v) is 9.65. The van der Waals surface area contributed by atoms with E-state index in [1.807, 2.05) is 0 Å². The number of rotatable bonds is 4. The van der Waals surface area contributed by atoms with Crippen molar-refractivity contribution in [2.45, 2.75) is 23.2 Å². The summed E-state index contributed by atoms with van der Waals surface area (Å²) in [5.41, 5.74) is 0.500. The SMILES string of the molecule is O=C1CC(c2ccc(F)cc2F)c2c(nc(SCc3ccc(F)cc3)[nH]c2=O)N1.